The van der Waals surface area contributed by atoms with Crippen molar-refractivity contribution in [3.05, 3.63) is 66.4 Å². The van der Waals surface area contributed by atoms with Crippen LogP contribution >= 0.6 is 0 Å². The Hall–Kier alpha value is -3.06. The van der Waals surface area contributed by atoms with E-state index < -0.39 is 0 Å². The minimum atomic E-state index is -0.233. The largest absolute Gasteiger partial charge is 0.368 e. The molecule has 26 heavy (non-hydrogen) atoms. The number of hydrogen-bond acceptors (Lipinski definition) is 5. The normalized spacial score (nSPS) is 17.2. The average Bonchev–Trinajstić information content (AvgIpc) is 3.24. The van der Waals surface area contributed by atoms with Gasteiger partial charge in [0, 0.05) is 30.2 Å². The molecule has 3 aromatic heterocycles. The van der Waals surface area contributed by atoms with E-state index in [1.54, 1.807) is 18.6 Å². The molecule has 132 valence electrons. The molecule has 0 saturated carbocycles. The molecule has 1 amide bonds. The molecule has 1 fully saturated rings. The van der Waals surface area contributed by atoms with E-state index in [1.807, 2.05) is 41.3 Å². The monoisotopic (exact) mass is 349 g/mol. The number of ether oxygens (including phenoxy) is 1. The molecule has 1 N–H and O–H groups in total. The molecule has 1 atom stereocenters. The highest BCUT2D eigenvalue weighted by molar-refractivity contribution is 5.78. The second kappa shape index (κ2) is 7.45. The number of nitrogens with one attached hydrogen (secondary N) is 1. The maximum absolute atomic E-state index is 12.6. The fourth-order valence-corrected chi connectivity index (χ4v) is 3.01. The van der Waals surface area contributed by atoms with Crippen molar-refractivity contribution in [3.8, 4) is 11.3 Å². The topological polar surface area (TPSA) is 84.0 Å². The molecule has 3 aromatic rings. The zero-order valence-electron chi connectivity index (χ0n) is 14.2. The Morgan fingerprint density at radius 1 is 1.27 bits per heavy atom. The first-order valence-corrected chi connectivity index (χ1v) is 8.55. The second-order valence-corrected chi connectivity index (χ2v) is 6.13. The minimum Gasteiger partial charge on any atom is -0.368 e. The van der Waals surface area contributed by atoms with Gasteiger partial charge in [0.25, 0.3) is 0 Å². The Kier molecular flexibility index (Phi) is 4.70. The lowest BCUT2D eigenvalue weighted by Crippen LogP contribution is -2.43. The third-order valence-corrected chi connectivity index (χ3v) is 4.37. The SMILES string of the molecule is O=C(Cc1ccccn1)N1CCOC(c2cccc(-c3cn[nH]c3)n2)C1. The fraction of sp³-hybridized carbons (Fsp3) is 0.263. The molecule has 0 aliphatic carbocycles. The molecular weight excluding hydrogens is 330 g/mol. The quantitative estimate of drug-likeness (QED) is 0.779. The van der Waals surface area contributed by atoms with Gasteiger partial charge in [-0.1, -0.05) is 12.1 Å². The summed E-state index contributed by atoms with van der Waals surface area (Å²) >= 11 is 0. The predicted molar refractivity (Wildman–Crippen MR) is 95.0 cm³/mol. The number of pyridine rings is 2. The molecule has 1 saturated heterocycles. The van der Waals surface area contributed by atoms with Gasteiger partial charge in [-0.15, -0.1) is 0 Å². The van der Waals surface area contributed by atoms with Gasteiger partial charge < -0.3 is 9.64 Å². The highest BCUT2D eigenvalue weighted by Gasteiger charge is 2.26. The van der Waals surface area contributed by atoms with Crippen molar-refractivity contribution in [2.75, 3.05) is 19.7 Å². The summed E-state index contributed by atoms with van der Waals surface area (Å²) in [5.41, 5.74) is 3.35. The zero-order valence-corrected chi connectivity index (χ0v) is 14.2. The first kappa shape index (κ1) is 16.4. The summed E-state index contributed by atoms with van der Waals surface area (Å²) in [6, 6.07) is 11.4. The lowest BCUT2D eigenvalue weighted by Gasteiger charge is -2.32. The van der Waals surface area contributed by atoms with Crippen molar-refractivity contribution in [3.63, 3.8) is 0 Å². The zero-order chi connectivity index (χ0) is 17.8. The van der Waals surface area contributed by atoms with Crippen LogP contribution in [0.5, 0.6) is 0 Å². The van der Waals surface area contributed by atoms with Crippen LogP contribution < -0.4 is 0 Å². The van der Waals surface area contributed by atoms with Gasteiger partial charge in [0.05, 0.1) is 37.2 Å². The molecular formula is C19H19N5O2. The number of H-pyrrole nitrogens is 1. The van der Waals surface area contributed by atoms with Gasteiger partial charge in [-0.2, -0.15) is 5.10 Å². The fourth-order valence-electron chi connectivity index (χ4n) is 3.01. The van der Waals surface area contributed by atoms with E-state index in [9.17, 15) is 4.79 Å². The first-order chi connectivity index (χ1) is 12.8. The van der Waals surface area contributed by atoms with Crippen LogP contribution in [0, 0.1) is 0 Å². The summed E-state index contributed by atoms with van der Waals surface area (Å²) in [5, 5.41) is 6.75. The van der Waals surface area contributed by atoms with E-state index in [-0.39, 0.29) is 12.0 Å². The van der Waals surface area contributed by atoms with Crippen molar-refractivity contribution in [2.24, 2.45) is 0 Å². The summed E-state index contributed by atoms with van der Waals surface area (Å²) in [5.74, 6) is 0.0583. The smallest absolute Gasteiger partial charge is 0.228 e. The standard InChI is InChI=1S/C19H19N5O2/c25-19(10-15-4-1-2-7-20-15)24-8-9-26-18(13-24)17-6-3-5-16(23-17)14-11-21-22-12-14/h1-7,11-12,18H,8-10,13H2,(H,21,22). The van der Waals surface area contributed by atoms with Crippen LogP contribution in [0.25, 0.3) is 11.3 Å². The summed E-state index contributed by atoms with van der Waals surface area (Å²) < 4.78 is 5.87. The van der Waals surface area contributed by atoms with Crippen molar-refractivity contribution >= 4 is 5.91 Å². The van der Waals surface area contributed by atoms with E-state index in [2.05, 4.69) is 20.2 Å². The molecule has 0 bridgehead atoms. The molecule has 0 aromatic carbocycles. The summed E-state index contributed by atoms with van der Waals surface area (Å²) in [7, 11) is 0. The molecule has 4 heterocycles. The van der Waals surface area contributed by atoms with Crippen molar-refractivity contribution in [1.29, 1.82) is 0 Å². The van der Waals surface area contributed by atoms with Crippen LogP contribution in [0.2, 0.25) is 0 Å². The van der Waals surface area contributed by atoms with Crippen LogP contribution in [0.3, 0.4) is 0 Å². The number of morpholine rings is 1. The number of aromatic nitrogens is 4. The molecule has 0 spiro atoms. The molecule has 4 rings (SSSR count). The number of hydrogen-bond donors (Lipinski definition) is 1. The predicted octanol–water partition coefficient (Wildman–Crippen LogP) is 2.01. The highest BCUT2D eigenvalue weighted by Crippen LogP contribution is 2.24. The van der Waals surface area contributed by atoms with Gasteiger partial charge in [0.15, 0.2) is 0 Å². The van der Waals surface area contributed by atoms with Crippen LogP contribution in [-0.4, -0.2) is 50.7 Å². The number of carbonyl (C=O) groups is 1. The van der Waals surface area contributed by atoms with Crippen LogP contribution in [-0.2, 0) is 16.0 Å². The number of amides is 1. The number of rotatable bonds is 4. The van der Waals surface area contributed by atoms with E-state index in [0.29, 0.717) is 26.1 Å². The molecule has 7 heteroatoms. The molecule has 1 aliphatic rings. The molecule has 0 radical (unpaired) electrons. The summed E-state index contributed by atoms with van der Waals surface area (Å²) in [6.07, 6.45) is 5.31. The van der Waals surface area contributed by atoms with Crippen LogP contribution in [0.15, 0.2) is 55.0 Å². The highest BCUT2D eigenvalue weighted by atomic mass is 16.5. The van der Waals surface area contributed by atoms with Gasteiger partial charge in [0.1, 0.15) is 6.10 Å². The van der Waals surface area contributed by atoms with E-state index in [1.165, 1.54) is 0 Å². The van der Waals surface area contributed by atoms with Gasteiger partial charge in [-0.3, -0.25) is 14.9 Å². The number of aromatic amines is 1. The molecule has 7 nitrogen and oxygen atoms in total. The minimum absolute atomic E-state index is 0.0583. The first-order valence-electron chi connectivity index (χ1n) is 8.55. The lowest BCUT2D eigenvalue weighted by molar-refractivity contribution is -0.138. The van der Waals surface area contributed by atoms with Crippen molar-refractivity contribution in [1.82, 2.24) is 25.1 Å². The number of nitrogens with zero attached hydrogens (tertiary/aromatic N) is 4. The number of carbonyl (C=O) groups excluding carboxylic acids is 1. The Balaban J connectivity index is 1.47. The van der Waals surface area contributed by atoms with Crippen molar-refractivity contribution in [2.45, 2.75) is 12.5 Å². The van der Waals surface area contributed by atoms with Gasteiger partial charge >= 0.3 is 0 Å². The lowest BCUT2D eigenvalue weighted by atomic mass is 10.1. The molecule has 1 unspecified atom stereocenters. The van der Waals surface area contributed by atoms with E-state index in [4.69, 9.17) is 4.74 Å². The third kappa shape index (κ3) is 3.62. The Bertz CT molecular complexity index is 867. The van der Waals surface area contributed by atoms with Crippen LogP contribution in [0.4, 0.5) is 0 Å². The Morgan fingerprint density at radius 2 is 2.23 bits per heavy atom. The Labute approximate surface area is 151 Å². The van der Waals surface area contributed by atoms with Gasteiger partial charge in [0.2, 0.25) is 5.91 Å². The van der Waals surface area contributed by atoms with E-state index >= 15 is 0 Å². The van der Waals surface area contributed by atoms with Gasteiger partial charge in [-0.25, -0.2) is 4.98 Å². The maximum atomic E-state index is 12.6. The average molecular weight is 349 g/mol. The summed E-state index contributed by atoms with van der Waals surface area (Å²) in [6.45, 7) is 1.58. The van der Waals surface area contributed by atoms with Gasteiger partial charge in [-0.05, 0) is 24.3 Å². The third-order valence-electron chi connectivity index (χ3n) is 4.37. The summed E-state index contributed by atoms with van der Waals surface area (Å²) in [4.78, 5) is 23.3. The molecule has 1 aliphatic heterocycles. The van der Waals surface area contributed by atoms with Crippen LogP contribution in [0.1, 0.15) is 17.5 Å². The maximum Gasteiger partial charge on any atom is 0.228 e. The Morgan fingerprint density at radius 3 is 3.04 bits per heavy atom. The second-order valence-electron chi connectivity index (χ2n) is 6.13. The van der Waals surface area contributed by atoms with E-state index in [0.717, 1.165) is 22.6 Å². The van der Waals surface area contributed by atoms with Crippen molar-refractivity contribution < 1.29 is 9.53 Å².